The molecular formula is HBr5Si2. The van der Waals surface area contributed by atoms with Gasteiger partial charge in [0.05, 0.1) is 0 Å². The molecule has 7 heteroatoms. The van der Waals surface area contributed by atoms with Gasteiger partial charge in [0.2, 0.25) is 5.55 Å². The first kappa shape index (κ1) is 9.83. The average Bonchev–Trinajstić information content (AvgIpc) is 1.31. The fourth-order valence-corrected chi connectivity index (χ4v) is 0. The quantitative estimate of drug-likeness (QED) is 0.420. The smallest absolute Gasteiger partial charge is 0.116 e. The summed E-state index contributed by atoms with van der Waals surface area (Å²) < 4.78 is -1.32. The summed E-state index contributed by atoms with van der Waals surface area (Å²) in [6.45, 7) is 0. The molecule has 0 bridgehead atoms. The number of rotatable bonds is 1. The Morgan fingerprint density at radius 2 is 1.14 bits per heavy atom. The standard InChI is InChI=1S/Br5HSi2/c1-6(2)7(3,4)5/h6H. The van der Waals surface area contributed by atoms with Gasteiger partial charge < -0.3 is 0 Å². The van der Waals surface area contributed by atoms with Crippen LogP contribution in [-0.2, 0) is 0 Å². The van der Waals surface area contributed by atoms with Crippen LogP contribution in [0, 0.1) is 0 Å². The fourth-order valence-electron chi connectivity index (χ4n) is 0. The van der Waals surface area contributed by atoms with Crippen molar-refractivity contribution in [2.75, 3.05) is 0 Å². The predicted molar refractivity (Wildman–Crippen MR) is 57.5 cm³/mol. The molecule has 0 amide bonds. The van der Waals surface area contributed by atoms with Crippen molar-refractivity contribution < 1.29 is 0 Å². The van der Waals surface area contributed by atoms with E-state index < -0.39 is 9.00 Å². The molecule has 0 aliphatic rings. The third-order valence-corrected chi connectivity index (χ3v) is 60.1. The molecule has 0 N–H and O–H groups in total. The van der Waals surface area contributed by atoms with Crippen LogP contribution in [-0.4, -0.2) is 9.00 Å². The van der Waals surface area contributed by atoms with Crippen LogP contribution in [0.5, 0.6) is 0 Å². The van der Waals surface area contributed by atoms with Gasteiger partial charge in [-0.3, -0.25) is 0 Å². The molecule has 0 atom stereocenters. The van der Waals surface area contributed by atoms with Gasteiger partial charge in [0.1, 0.15) is 0 Å². The summed E-state index contributed by atoms with van der Waals surface area (Å²) in [6.07, 6.45) is 0. The predicted octanol–water partition coefficient (Wildman–Crippen LogP) is 3.20. The van der Waals surface area contributed by atoms with Crippen LogP contribution in [0.25, 0.3) is 0 Å². The maximum absolute atomic E-state index is 3.48. The third kappa shape index (κ3) is 5.29. The first-order valence-electron chi connectivity index (χ1n) is 1.29. The van der Waals surface area contributed by atoms with Crippen molar-refractivity contribution in [3.63, 3.8) is 0 Å². The van der Waals surface area contributed by atoms with Crippen LogP contribution in [0.1, 0.15) is 0 Å². The normalized spacial score (nSPS) is 12.9. The van der Waals surface area contributed by atoms with Gasteiger partial charge >= 0.3 is 0 Å². The highest BCUT2D eigenvalue weighted by Crippen LogP contribution is 2.35. The summed E-state index contributed by atoms with van der Waals surface area (Å²) in [7, 11) is 0. The van der Waals surface area contributed by atoms with Gasteiger partial charge in [0, 0.05) is 0 Å². The Balaban J connectivity index is 3.54. The molecule has 0 aliphatic carbocycles. The minimum atomic E-state index is -1.32. The Kier molecular flexibility index (Phi) is 5.44. The van der Waals surface area contributed by atoms with Gasteiger partial charge in [-0.05, 0) is 0 Å². The van der Waals surface area contributed by atoms with E-state index in [1.807, 2.05) is 0 Å². The second kappa shape index (κ2) is 3.87. The molecule has 0 aliphatic heterocycles. The van der Waals surface area contributed by atoms with E-state index in [-0.39, 0.29) is 0 Å². The molecular weight excluding hydrogens is 456 g/mol. The Labute approximate surface area is 84.1 Å². The Morgan fingerprint density at radius 3 is 1.14 bits per heavy atom. The molecule has 0 saturated heterocycles. The molecule has 0 rings (SSSR count). The first-order chi connectivity index (χ1) is 2.94. The van der Waals surface area contributed by atoms with Gasteiger partial charge in [0.25, 0.3) is 3.45 Å². The highest BCUT2D eigenvalue weighted by molar-refractivity contribution is 9.80. The lowest BCUT2D eigenvalue weighted by molar-refractivity contribution is 4.22. The highest BCUT2D eigenvalue weighted by Gasteiger charge is 2.31. The zero-order valence-electron chi connectivity index (χ0n) is 2.97. The van der Waals surface area contributed by atoms with E-state index in [9.17, 15) is 0 Å². The van der Waals surface area contributed by atoms with Gasteiger partial charge in [0.15, 0.2) is 0 Å². The molecule has 7 heavy (non-hydrogen) atoms. The summed E-state index contributed by atoms with van der Waals surface area (Å²) in [6, 6.07) is 0. The van der Waals surface area contributed by atoms with Gasteiger partial charge in [-0.25, -0.2) is 0 Å². The molecule has 0 nitrogen and oxygen atoms in total. The van der Waals surface area contributed by atoms with Gasteiger partial charge in [-0.1, -0.05) is 45.9 Å². The van der Waals surface area contributed by atoms with E-state index in [0.29, 0.717) is 0 Å². The lowest BCUT2D eigenvalue weighted by Gasteiger charge is -2.06. The third-order valence-electron chi connectivity index (χ3n) is 0.247. The second-order valence-electron chi connectivity index (χ2n) is 0.842. The maximum Gasteiger partial charge on any atom is 0.275 e. The van der Waals surface area contributed by atoms with Crippen LogP contribution in [0.15, 0.2) is 0 Å². The van der Waals surface area contributed by atoms with E-state index in [1.165, 1.54) is 0 Å². The van der Waals surface area contributed by atoms with Gasteiger partial charge in [-0.2, -0.15) is 0 Å². The highest BCUT2D eigenvalue weighted by atomic mass is 80.0. The molecule has 0 spiro atoms. The van der Waals surface area contributed by atoms with Crippen molar-refractivity contribution in [2.24, 2.45) is 0 Å². The van der Waals surface area contributed by atoms with E-state index >= 15 is 0 Å². The monoisotopic (exact) mass is 452 g/mol. The summed E-state index contributed by atoms with van der Waals surface area (Å²) >= 11 is 17.4. The van der Waals surface area contributed by atoms with Crippen LogP contribution in [0.4, 0.5) is 0 Å². The minimum Gasteiger partial charge on any atom is -0.116 e. The van der Waals surface area contributed by atoms with Crippen molar-refractivity contribution in [2.45, 2.75) is 0 Å². The summed E-state index contributed by atoms with van der Waals surface area (Å²) in [4.78, 5) is 0. The lowest BCUT2D eigenvalue weighted by atomic mass is 27.0. The maximum atomic E-state index is 3.48. The van der Waals surface area contributed by atoms with E-state index in [4.69, 9.17) is 0 Å². The minimum absolute atomic E-state index is 0.845. The van der Waals surface area contributed by atoms with Crippen molar-refractivity contribution >= 4 is 85.5 Å². The molecule has 0 aromatic heterocycles. The van der Waals surface area contributed by atoms with Crippen LogP contribution in [0.3, 0.4) is 0 Å². The van der Waals surface area contributed by atoms with Crippen molar-refractivity contribution in [1.82, 2.24) is 0 Å². The SMILES string of the molecule is Br[SiH](Br)[Si](Br)(Br)Br. The average molecular weight is 457 g/mol. The topological polar surface area (TPSA) is 0 Å². The summed E-state index contributed by atoms with van der Waals surface area (Å²) in [5, 5.41) is 0. The Hall–Kier alpha value is 2.83. The van der Waals surface area contributed by atoms with E-state index in [2.05, 4.69) is 76.5 Å². The van der Waals surface area contributed by atoms with E-state index in [1.54, 1.807) is 0 Å². The number of hydrogen-bond donors (Lipinski definition) is 0. The van der Waals surface area contributed by atoms with Crippen molar-refractivity contribution in [3.05, 3.63) is 0 Å². The summed E-state index contributed by atoms with van der Waals surface area (Å²) in [5.41, 5.74) is -0.845. The van der Waals surface area contributed by atoms with Crippen molar-refractivity contribution in [3.8, 4) is 0 Å². The molecule has 0 heterocycles. The summed E-state index contributed by atoms with van der Waals surface area (Å²) in [5.74, 6) is 0. The molecule has 44 valence electrons. The van der Waals surface area contributed by atoms with Crippen LogP contribution < -0.4 is 0 Å². The Bertz CT molecular complexity index is 51.6. The molecule has 0 radical (unpaired) electrons. The van der Waals surface area contributed by atoms with Crippen molar-refractivity contribution in [1.29, 1.82) is 0 Å². The number of halogens is 5. The van der Waals surface area contributed by atoms with Crippen LogP contribution in [0.2, 0.25) is 0 Å². The molecule has 0 aromatic carbocycles. The number of hydrogen-bond acceptors (Lipinski definition) is 0. The molecule has 0 saturated carbocycles. The molecule has 0 fully saturated rings. The first-order valence-corrected chi connectivity index (χ1v) is 18.2. The zero-order valence-corrected chi connectivity index (χ0v) is 13.1. The Morgan fingerprint density at radius 1 is 1.00 bits per heavy atom. The van der Waals surface area contributed by atoms with Gasteiger partial charge in [-0.15, -0.1) is 30.6 Å². The van der Waals surface area contributed by atoms with E-state index in [0.717, 1.165) is 0 Å². The zero-order chi connectivity index (χ0) is 6.08. The largest absolute Gasteiger partial charge is 0.275 e. The second-order valence-corrected chi connectivity index (χ2v) is 49.6. The molecule has 0 unspecified atom stereocenters. The fraction of sp³-hybridized carbons (Fsp3) is 0. The van der Waals surface area contributed by atoms with Crippen LogP contribution >= 0.6 is 76.5 Å². The lowest BCUT2D eigenvalue weighted by Crippen LogP contribution is -2.21. The molecule has 0 aromatic rings.